The Kier molecular flexibility index (Phi) is 6.98. The molecule has 0 saturated heterocycles. The Labute approximate surface area is 244 Å². The van der Waals surface area contributed by atoms with Crippen LogP contribution in [0.3, 0.4) is 0 Å². The van der Waals surface area contributed by atoms with Gasteiger partial charge in [0.15, 0.2) is 17.4 Å². The molecular weight excluding hydrogens is 563 g/mol. The van der Waals surface area contributed by atoms with Gasteiger partial charge in [-0.25, -0.2) is 8.78 Å². The highest BCUT2D eigenvalue weighted by Gasteiger charge is 2.62. The Hall–Kier alpha value is -4.68. The summed E-state index contributed by atoms with van der Waals surface area (Å²) >= 11 is 0. The molecule has 0 radical (unpaired) electrons. The summed E-state index contributed by atoms with van der Waals surface area (Å²) in [6.45, 7) is 5.51. The highest BCUT2D eigenvalue weighted by atomic mass is 19.2. The Morgan fingerprint density at radius 1 is 1.23 bits per heavy atom. The fourth-order valence-electron chi connectivity index (χ4n) is 6.58. The summed E-state index contributed by atoms with van der Waals surface area (Å²) < 4.78 is 51.3. The number of rotatable bonds is 8. The van der Waals surface area contributed by atoms with Crippen LogP contribution < -0.4 is 15.8 Å². The lowest BCUT2D eigenvalue weighted by Gasteiger charge is -2.35. The summed E-state index contributed by atoms with van der Waals surface area (Å²) in [6, 6.07) is 5.03. The Bertz CT molecular complexity index is 1730. The number of nitrogens with one attached hydrogen (secondary N) is 2. The van der Waals surface area contributed by atoms with E-state index in [1.54, 1.807) is 24.6 Å². The van der Waals surface area contributed by atoms with Crippen LogP contribution in [0.5, 0.6) is 5.75 Å². The minimum Gasteiger partial charge on any atom is -0.489 e. The number of primary amides is 1. The van der Waals surface area contributed by atoms with Crippen molar-refractivity contribution in [3.63, 3.8) is 0 Å². The number of halogens is 3. The van der Waals surface area contributed by atoms with E-state index in [-0.39, 0.29) is 47.8 Å². The molecule has 4 aromatic rings. The van der Waals surface area contributed by atoms with Gasteiger partial charge >= 0.3 is 0 Å². The predicted molar refractivity (Wildman–Crippen MR) is 150 cm³/mol. The van der Waals surface area contributed by atoms with Crippen LogP contribution in [0.4, 0.5) is 18.9 Å². The van der Waals surface area contributed by atoms with Crippen molar-refractivity contribution < 1.29 is 27.5 Å². The molecule has 1 saturated carbocycles. The maximum Gasteiger partial charge on any atom is 0.266 e. The van der Waals surface area contributed by atoms with Gasteiger partial charge in [-0.1, -0.05) is 6.07 Å². The van der Waals surface area contributed by atoms with Gasteiger partial charge in [0.05, 0.1) is 30.2 Å². The number of nitrogens with zero attached hydrogens (tertiary/aromatic N) is 4. The Morgan fingerprint density at radius 2 is 2.02 bits per heavy atom. The second-order valence-corrected chi connectivity index (χ2v) is 11.5. The summed E-state index contributed by atoms with van der Waals surface area (Å²) in [5, 5.41) is 13.8. The molecule has 13 heteroatoms. The highest BCUT2D eigenvalue weighted by Crippen LogP contribution is 2.67. The summed E-state index contributed by atoms with van der Waals surface area (Å²) in [7, 11) is 0. The lowest BCUT2D eigenvalue weighted by molar-refractivity contribution is -0.117. The van der Waals surface area contributed by atoms with E-state index < -0.39 is 40.6 Å². The number of carbonyl (C=O) groups is 2. The van der Waals surface area contributed by atoms with E-state index in [9.17, 15) is 18.4 Å². The fraction of sp³-hybridized carbons (Fsp3) is 0.367. The van der Waals surface area contributed by atoms with Crippen molar-refractivity contribution in [2.75, 3.05) is 11.9 Å². The molecule has 4 unspecified atom stereocenters. The van der Waals surface area contributed by atoms with Gasteiger partial charge in [0.2, 0.25) is 11.7 Å². The molecule has 2 amide bonds. The molecule has 4 atom stereocenters. The highest BCUT2D eigenvalue weighted by molar-refractivity contribution is 5.92. The smallest absolute Gasteiger partial charge is 0.266 e. The molecule has 6 rings (SSSR count). The van der Waals surface area contributed by atoms with Crippen LogP contribution in [-0.2, 0) is 4.79 Å². The zero-order valence-corrected chi connectivity index (χ0v) is 23.7. The molecule has 0 bridgehead atoms. The molecule has 10 nitrogen and oxygen atoms in total. The number of aromatic amines is 1. The van der Waals surface area contributed by atoms with Gasteiger partial charge in [-0.15, -0.1) is 0 Å². The van der Waals surface area contributed by atoms with E-state index in [1.165, 1.54) is 24.5 Å². The Morgan fingerprint density at radius 3 is 2.72 bits per heavy atom. The van der Waals surface area contributed by atoms with Crippen LogP contribution in [-0.4, -0.2) is 43.4 Å². The van der Waals surface area contributed by atoms with Crippen LogP contribution in [0.25, 0.3) is 11.3 Å². The summed E-state index contributed by atoms with van der Waals surface area (Å²) in [4.78, 5) is 29.4. The number of aromatic nitrogens is 5. The van der Waals surface area contributed by atoms with Crippen LogP contribution in [0.1, 0.15) is 65.6 Å². The van der Waals surface area contributed by atoms with Crippen LogP contribution in [0.2, 0.25) is 0 Å². The van der Waals surface area contributed by atoms with Crippen LogP contribution in [0, 0.1) is 42.6 Å². The number of anilines is 1. The predicted octanol–water partition coefficient (Wildman–Crippen LogP) is 4.96. The molecule has 4 N–H and O–H groups in total. The van der Waals surface area contributed by atoms with Gasteiger partial charge in [0.1, 0.15) is 11.4 Å². The SMILES string of the molecule is Cc1n[nH]c(C)c1-c1ncc(NC(=O)CC2c3ccc(F)c(F)c3OCC23CC3CC(C)n2nccc2C(N)=O)cc1F. The second-order valence-electron chi connectivity index (χ2n) is 11.5. The monoisotopic (exact) mass is 593 g/mol. The van der Waals surface area contributed by atoms with Gasteiger partial charge in [-0.05, 0) is 51.7 Å². The molecule has 1 fully saturated rings. The number of benzene rings is 1. The van der Waals surface area contributed by atoms with E-state index in [4.69, 9.17) is 10.5 Å². The van der Waals surface area contributed by atoms with Crippen molar-refractivity contribution in [1.29, 1.82) is 0 Å². The van der Waals surface area contributed by atoms with E-state index in [1.807, 2.05) is 6.92 Å². The maximum atomic E-state index is 15.1. The number of hydrogen-bond acceptors (Lipinski definition) is 6. The number of pyridine rings is 1. The molecule has 1 aromatic carbocycles. The zero-order chi connectivity index (χ0) is 30.6. The summed E-state index contributed by atoms with van der Waals surface area (Å²) in [5.74, 6) is -4.47. The van der Waals surface area contributed by atoms with E-state index in [0.29, 0.717) is 35.4 Å². The first kappa shape index (κ1) is 28.4. The number of carbonyl (C=O) groups excluding carboxylic acids is 2. The average Bonchev–Trinajstić information content (AvgIpc) is 3.26. The van der Waals surface area contributed by atoms with Crippen molar-refractivity contribution in [3.05, 3.63) is 76.8 Å². The fourth-order valence-corrected chi connectivity index (χ4v) is 6.58. The number of aryl methyl sites for hydroxylation is 2. The van der Waals surface area contributed by atoms with Crippen molar-refractivity contribution in [3.8, 4) is 17.0 Å². The van der Waals surface area contributed by atoms with Crippen LogP contribution >= 0.6 is 0 Å². The molecule has 43 heavy (non-hydrogen) atoms. The largest absolute Gasteiger partial charge is 0.489 e. The standard InChI is InChI=1S/C30H30F3N7O3/c1-14(40-23(29(34)42)6-7-36-40)8-17-11-30(17)13-43-28-19(4-5-21(31)26(28)33)20(30)10-24(41)37-18-9-22(32)27(35-12-18)25-15(2)38-39-16(25)3/h4-7,9,12,14,17,20H,8,10-11,13H2,1-3H3,(H2,34,42)(H,37,41)(H,38,39). The maximum absolute atomic E-state index is 15.1. The molecule has 1 aliphatic carbocycles. The Balaban J connectivity index is 1.24. The minimum absolute atomic E-state index is 0.0336. The number of ether oxygens (including phenoxy) is 1. The zero-order valence-electron chi connectivity index (χ0n) is 23.7. The number of hydrogen-bond donors (Lipinski definition) is 3. The van der Waals surface area contributed by atoms with Crippen LogP contribution in [0.15, 0.2) is 36.7 Å². The molecule has 1 aliphatic heterocycles. The third kappa shape index (κ3) is 4.92. The van der Waals surface area contributed by atoms with E-state index in [2.05, 4.69) is 25.6 Å². The van der Waals surface area contributed by atoms with Crippen molar-refractivity contribution in [2.45, 2.75) is 52.0 Å². The number of H-pyrrole nitrogens is 1. The molecule has 3 aromatic heterocycles. The second kappa shape index (κ2) is 10.5. The quantitative estimate of drug-likeness (QED) is 0.264. The first-order valence-corrected chi connectivity index (χ1v) is 13.9. The molecule has 1 spiro atoms. The first-order valence-electron chi connectivity index (χ1n) is 13.9. The van der Waals surface area contributed by atoms with E-state index >= 15 is 4.39 Å². The van der Waals surface area contributed by atoms with Crippen molar-refractivity contribution >= 4 is 17.5 Å². The normalized spacial score (nSPS) is 21.3. The van der Waals surface area contributed by atoms with Crippen molar-refractivity contribution in [1.82, 2.24) is 25.0 Å². The van der Waals surface area contributed by atoms with Gasteiger partial charge in [-0.3, -0.25) is 24.4 Å². The topological polar surface area (TPSA) is 141 Å². The van der Waals surface area contributed by atoms with Gasteiger partial charge < -0.3 is 15.8 Å². The third-order valence-corrected chi connectivity index (χ3v) is 8.76. The number of fused-ring (bicyclic) bond motifs is 1. The lowest BCUT2D eigenvalue weighted by atomic mass is 9.76. The average molecular weight is 594 g/mol. The van der Waals surface area contributed by atoms with Gasteiger partial charge in [0, 0.05) is 46.8 Å². The lowest BCUT2D eigenvalue weighted by Crippen LogP contribution is -2.33. The van der Waals surface area contributed by atoms with Crippen molar-refractivity contribution in [2.24, 2.45) is 17.1 Å². The third-order valence-electron chi connectivity index (χ3n) is 8.76. The van der Waals surface area contributed by atoms with E-state index in [0.717, 1.165) is 6.07 Å². The first-order chi connectivity index (χ1) is 20.5. The molecule has 4 heterocycles. The summed E-state index contributed by atoms with van der Waals surface area (Å²) in [6.07, 6.45) is 4.05. The minimum atomic E-state index is -1.10. The number of nitrogens with two attached hydrogens (primary N) is 1. The van der Waals surface area contributed by atoms with Gasteiger partial charge in [0.25, 0.3) is 5.91 Å². The number of amides is 2. The summed E-state index contributed by atoms with van der Waals surface area (Å²) in [5.41, 5.74) is 7.73. The molecule has 2 aliphatic rings. The molecule has 224 valence electrons. The molecular formula is C30H30F3N7O3. The van der Waals surface area contributed by atoms with Gasteiger partial charge in [-0.2, -0.15) is 14.6 Å².